The Morgan fingerprint density at radius 1 is 1.33 bits per heavy atom. The summed E-state index contributed by atoms with van der Waals surface area (Å²) in [6.45, 7) is 1.82. The van der Waals surface area contributed by atoms with E-state index >= 15 is 0 Å². The number of rotatable bonds is 8. The molecule has 0 aliphatic rings. The van der Waals surface area contributed by atoms with Crippen LogP contribution >= 0.6 is 15.9 Å². The van der Waals surface area contributed by atoms with E-state index in [0.29, 0.717) is 6.42 Å². The third-order valence-electron chi connectivity index (χ3n) is 2.86. The van der Waals surface area contributed by atoms with E-state index in [2.05, 4.69) is 25.4 Å². The third kappa shape index (κ3) is 7.59. The summed E-state index contributed by atoms with van der Waals surface area (Å²) in [5.74, 6) is -0.472. The van der Waals surface area contributed by atoms with Crippen molar-refractivity contribution in [3.8, 4) is 0 Å². The van der Waals surface area contributed by atoms with Crippen molar-refractivity contribution in [1.82, 2.24) is 4.72 Å². The second-order valence-electron chi connectivity index (χ2n) is 4.85. The van der Waals surface area contributed by atoms with Crippen LogP contribution in [0.1, 0.15) is 25.3 Å². The Hall–Kier alpha value is -0.920. The quantitative estimate of drug-likeness (QED) is 0.705. The average molecular weight is 378 g/mol. The minimum Gasteiger partial charge on any atom is -0.469 e. The standard InChI is InChI=1S/C14H20BrNO4S/c1-11(10-12-5-7-13(15)8-6-12)16-21(18,19)9-3-4-14(17)20-2/h5-8,11,16H,3-4,9-10H2,1-2H3. The maximum atomic E-state index is 11.9. The first-order valence-corrected chi connectivity index (χ1v) is 9.08. The lowest BCUT2D eigenvalue weighted by Crippen LogP contribution is -2.35. The van der Waals surface area contributed by atoms with Crippen LogP contribution in [0.25, 0.3) is 0 Å². The van der Waals surface area contributed by atoms with E-state index in [9.17, 15) is 13.2 Å². The molecule has 1 N–H and O–H groups in total. The van der Waals surface area contributed by atoms with Gasteiger partial charge in [0.15, 0.2) is 0 Å². The van der Waals surface area contributed by atoms with E-state index in [1.165, 1.54) is 7.11 Å². The first-order valence-electron chi connectivity index (χ1n) is 6.63. The highest BCUT2D eigenvalue weighted by atomic mass is 79.9. The lowest BCUT2D eigenvalue weighted by molar-refractivity contribution is -0.140. The summed E-state index contributed by atoms with van der Waals surface area (Å²) < 4.78 is 31.9. The van der Waals surface area contributed by atoms with Gasteiger partial charge in [0.05, 0.1) is 12.9 Å². The van der Waals surface area contributed by atoms with Crippen molar-refractivity contribution in [2.45, 2.75) is 32.2 Å². The SMILES string of the molecule is COC(=O)CCCS(=O)(=O)NC(C)Cc1ccc(Br)cc1. The van der Waals surface area contributed by atoms with Crippen LogP contribution < -0.4 is 4.72 Å². The number of carbonyl (C=O) groups excluding carboxylic acids is 1. The number of carbonyl (C=O) groups is 1. The van der Waals surface area contributed by atoms with Gasteiger partial charge in [-0.1, -0.05) is 28.1 Å². The van der Waals surface area contributed by atoms with Gasteiger partial charge in [0, 0.05) is 16.9 Å². The van der Waals surface area contributed by atoms with Gasteiger partial charge in [-0.3, -0.25) is 4.79 Å². The van der Waals surface area contributed by atoms with Crippen LogP contribution in [-0.2, 0) is 26.0 Å². The fraction of sp³-hybridized carbons (Fsp3) is 0.500. The predicted molar refractivity (Wildman–Crippen MR) is 85.5 cm³/mol. The van der Waals surface area contributed by atoms with Crippen LogP contribution in [-0.4, -0.2) is 33.3 Å². The Morgan fingerprint density at radius 2 is 1.95 bits per heavy atom. The number of hydrogen-bond donors (Lipinski definition) is 1. The Balaban J connectivity index is 2.43. The number of sulfonamides is 1. The van der Waals surface area contributed by atoms with Crippen LogP contribution in [0.3, 0.4) is 0 Å². The highest BCUT2D eigenvalue weighted by molar-refractivity contribution is 9.10. The molecule has 0 bridgehead atoms. The minimum absolute atomic E-state index is 0.0766. The van der Waals surface area contributed by atoms with Gasteiger partial charge in [-0.25, -0.2) is 13.1 Å². The molecule has 1 unspecified atom stereocenters. The Kier molecular flexibility index (Phi) is 7.34. The molecule has 1 atom stereocenters. The van der Waals surface area contributed by atoms with Crippen molar-refractivity contribution in [1.29, 1.82) is 0 Å². The zero-order chi connectivity index (χ0) is 15.9. The van der Waals surface area contributed by atoms with E-state index in [0.717, 1.165) is 10.0 Å². The summed E-state index contributed by atoms with van der Waals surface area (Å²) in [4.78, 5) is 10.9. The van der Waals surface area contributed by atoms with Crippen LogP contribution in [0.2, 0.25) is 0 Å². The molecule has 0 spiro atoms. The molecule has 0 fully saturated rings. The van der Waals surface area contributed by atoms with Gasteiger partial charge in [-0.2, -0.15) is 0 Å². The highest BCUT2D eigenvalue weighted by Gasteiger charge is 2.15. The van der Waals surface area contributed by atoms with E-state index in [4.69, 9.17) is 0 Å². The smallest absolute Gasteiger partial charge is 0.305 e. The number of methoxy groups -OCH3 is 1. The molecular formula is C14H20BrNO4S. The van der Waals surface area contributed by atoms with Gasteiger partial charge in [0.25, 0.3) is 0 Å². The predicted octanol–water partition coefficient (Wildman–Crippen LogP) is 2.25. The molecule has 7 heteroatoms. The molecule has 1 rings (SSSR count). The Morgan fingerprint density at radius 3 is 2.52 bits per heavy atom. The van der Waals surface area contributed by atoms with Gasteiger partial charge in [-0.15, -0.1) is 0 Å². The molecule has 0 amide bonds. The summed E-state index contributed by atoms with van der Waals surface area (Å²) in [5, 5.41) is 0. The zero-order valence-corrected chi connectivity index (χ0v) is 14.5. The van der Waals surface area contributed by atoms with Crippen LogP contribution in [0, 0.1) is 0 Å². The molecule has 21 heavy (non-hydrogen) atoms. The molecule has 5 nitrogen and oxygen atoms in total. The van der Waals surface area contributed by atoms with Crippen LogP contribution in [0.4, 0.5) is 0 Å². The second-order valence-corrected chi connectivity index (χ2v) is 7.64. The molecule has 1 aromatic carbocycles. The number of benzene rings is 1. The second kappa shape index (κ2) is 8.51. The van der Waals surface area contributed by atoms with Crippen molar-refractivity contribution in [3.05, 3.63) is 34.3 Å². The van der Waals surface area contributed by atoms with Gasteiger partial charge < -0.3 is 4.74 Å². The van der Waals surface area contributed by atoms with Gasteiger partial charge in [0.1, 0.15) is 0 Å². The molecule has 0 saturated heterocycles. The highest BCUT2D eigenvalue weighted by Crippen LogP contribution is 2.12. The van der Waals surface area contributed by atoms with Gasteiger partial charge in [0.2, 0.25) is 10.0 Å². The number of hydrogen-bond acceptors (Lipinski definition) is 4. The number of halogens is 1. The summed E-state index contributed by atoms with van der Waals surface area (Å²) in [6, 6.07) is 7.55. The maximum Gasteiger partial charge on any atom is 0.305 e. The largest absolute Gasteiger partial charge is 0.469 e. The number of ether oxygens (including phenoxy) is 1. The summed E-state index contributed by atoms with van der Waals surface area (Å²) in [6.07, 6.45) is 0.981. The van der Waals surface area contributed by atoms with Crippen molar-refractivity contribution >= 4 is 31.9 Å². The van der Waals surface area contributed by atoms with E-state index < -0.39 is 16.0 Å². The molecule has 0 saturated carbocycles. The average Bonchev–Trinajstić information content (AvgIpc) is 2.40. The third-order valence-corrected chi connectivity index (χ3v) is 4.97. The number of esters is 1. The normalized spacial score (nSPS) is 12.9. The fourth-order valence-corrected chi connectivity index (χ4v) is 3.49. The van der Waals surface area contributed by atoms with Crippen LogP contribution in [0.15, 0.2) is 28.7 Å². The number of nitrogens with one attached hydrogen (secondary N) is 1. The first-order chi connectivity index (χ1) is 9.82. The molecule has 0 aliphatic carbocycles. The van der Waals surface area contributed by atoms with E-state index in [-0.39, 0.29) is 24.6 Å². The van der Waals surface area contributed by atoms with Crippen molar-refractivity contribution in [2.75, 3.05) is 12.9 Å². The topological polar surface area (TPSA) is 72.5 Å². The fourth-order valence-electron chi connectivity index (χ4n) is 1.89. The molecule has 0 aromatic heterocycles. The summed E-state index contributed by atoms with van der Waals surface area (Å²) >= 11 is 3.36. The molecule has 118 valence electrons. The summed E-state index contributed by atoms with van der Waals surface area (Å²) in [5.41, 5.74) is 1.06. The molecule has 0 radical (unpaired) electrons. The van der Waals surface area contributed by atoms with Gasteiger partial charge >= 0.3 is 5.97 Å². The Labute approximate surface area is 134 Å². The lowest BCUT2D eigenvalue weighted by Gasteiger charge is -2.14. The van der Waals surface area contributed by atoms with E-state index in [1.54, 1.807) is 0 Å². The maximum absolute atomic E-state index is 11.9. The molecule has 1 aromatic rings. The minimum atomic E-state index is -3.38. The van der Waals surface area contributed by atoms with Gasteiger partial charge in [-0.05, 0) is 37.5 Å². The lowest BCUT2D eigenvalue weighted by atomic mass is 10.1. The Bertz CT molecular complexity index is 557. The summed E-state index contributed by atoms with van der Waals surface area (Å²) in [7, 11) is -2.09. The van der Waals surface area contributed by atoms with Crippen LogP contribution in [0.5, 0.6) is 0 Å². The monoisotopic (exact) mass is 377 g/mol. The molecule has 0 heterocycles. The zero-order valence-electron chi connectivity index (χ0n) is 12.1. The van der Waals surface area contributed by atoms with E-state index in [1.807, 2.05) is 31.2 Å². The van der Waals surface area contributed by atoms with Crippen molar-refractivity contribution in [2.24, 2.45) is 0 Å². The van der Waals surface area contributed by atoms with Crippen molar-refractivity contribution in [3.63, 3.8) is 0 Å². The van der Waals surface area contributed by atoms with Crippen molar-refractivity contribution < 1.29 is 17.9 Å². The molecule has 0 aliphatic heterocycles. The molecular weight excluding hydrogens is 358 g/mol. The first kappa shape index (κ1) is 18.1.